The van der Waals surface area contributed by atoms with Crippen molar-refractivity contribution in [2.24, 2.45) is 29.6 Å². The number of methoxy groups -OCH3 is 1. The van der Waals surface area contributed by atoms with Crippen molar-refractivity contribution in [3.05, 3.63) is 95.1 Å². The molecular weight excluding hydrogens is 440 g/mol. The third kappa shape index (κ3) is 4.74. The molecule has 0 spiro atoms. The second-order valence-electron chi connectivity index (χ2n) is 10.8. The van der Waals surface area contributed by atoms with Crippen molar-refractivity contribution in [3.63, 3.8) is 0 Å². The lowest BCUT2D eigenvalue weighted by Gasteiger charge is -2.31. The molecule has 3 aromatic carbocycles. The minimum Gasteiger partial charge on any atom is -0.496 e. The summed E-state index contributed by atoms with van der Waals surface area (Å²) in [4.78, 5) is 0. The van der Waals surface area contributed by atoms with Gasteiger partial charge < -0.3 is 9.47 Å². The molecule has 0 aromatic heterocycles. The Morgan fingerprint density at radius 2 is 1.31 bits per heavy atom. The first-order chi connectivity index (χ1) is 17.8. The van der Waals surface area contributed by atoms with E-state index in [0.717, 1.165) is 52.9 Å². The Bertz CT molecular complexity index is 1230. The molecule has 184 valence electrons. The molecule has 3 fully saturated rings. The fraction of sp³-hybridized carbons (Fsp3) is 0.353. The summed E-state index contributed by atoms with van der Waals surface area (Å²) in [6, 6.07) is 25.1. The summed E-state index contributed by atoms with van der Waals surface area (Å²) >= 11 is 0. The van der Waals surface area contributed by atoms with Gasteiger partial charge in [-0.3, -0.25) is 0 Å². The molecule has 0 radical (unpaired) electrons. The van der Waals surface area contributed by atoms with E-state index < -0.39 is 0 Å². The van der Waals surface area contributed by atoms with Gasteiger partial charge in [0.15, 0.2) is 0 Å². The minimum absolute atomic E-state index is 0.700. The summed E-state index contributed by atoms with van der Waals surface area (Å²) in [6.45, 7) is 0.824. The molecule has 0 aliphatic heterocycles. The third-order valence-corrected chi connectivity index (χ3v) is 8.89. The standard InChI is InChI=1S/C34H36O2/c1-35-33-21-27(18-16-25-11-6-3-7-12-25)34(22-26(33)17-15-24-9-4-2-5-10-24)36-23-29-19-28-20-32(29)31-14-8-13-30(28)31/h2-7,9-12,15-18,21-22,28-32H,8,13-14,19-20,23H2,1H3/b17-15+,18-16+. The number of hydrogen-bond acceptors (Lipinski definition) is 2. The lowest BCUT2D eigenvalue weighted by atomic mass is 9.76. The van der Waals surface area contributed by atoms with E-state index in [1.807, 2.05) is 12.1 Å². The molecule has 36 heavy (non-hydrogen) atoms. The third-order valence-electron chi connectivity index (χ3n) is 8.89. The maximum absolute atomic E-state index is 6.66. The van der Waals surface area contributed by atoms with Crippen LogP contribution in [-0.2, 0) is 0 Å². The summed E-state index contributed by atoms with van der Waals surface area (Å²) < 4.78 is 12.5. The lowest BCUT2D eigenvalue weighted by molar-refractivity contribution is 0.132. The van der Waals surface area contributed by atoms with Crippen molar-refractivity contribution in [3.8, 4) is 11.5 Å². The number of hydrogen-bond donors (Lipinski definition) is 0. The summed E-state index contributed by atoms with van der Waals surface area (Å²) in [6.07, 6.45) is 15.8. The quantitative estimate of drug-likeness (QED) is 0.304. The number of fused-ring (bicyclic) bond motifs is 5. The molecule has 3 aliphatic rings. The summed E-state index contributed by atoms with van der Waals surface area (Å²) in [5.41, 5.74) is 4.45. The predicted octanol–water partition coefficient (Wildman–Crippen LogP) is 8.49. The van der Waals surface area contributed by atoms with Gasteiger partial charge in [0.25, 0.3) is 0 Å². The molecule has 5 atom stereocenters. The Morgan fingerprint density at radius 3 is 1.97 bits per heavy atom. The van der Waals surface area contributed by atoms with Crippen LogP contribution in [-0.4, -0.2) is 13.7 Å². The normalized spacial score (nSPS) is 26.6. The van der Waals surface area contributed by atoms with Gasteiger partial charge in [-0.25, -0.2) is 0 Å². The zero-order valence-corrected chi connectivity index (χ0v) is 21.2. The Morgan fingerprint density at radius 1 is 0.694 bits per heavy atom. The SMILES string of the molecule is COc1cc(/C=C/c2ccccc2)c(OCC2CC3CC2C2CCCC32)cc1/C=C/c1ccccc1. The fourth-order valence-corrected chi connectivity index (χ4v) is 7.25. The van der Waals surface area contributed by atoms with Gasteiger partial charge in [0.2, 0.25) is 0 Å². The molecule has 5 unspecified atom stereocenters. The van der Waals surface area contributed by atoms with Crippen LogP contribution in [0.2, 0.25) is 0 Å². The maximum Gasteiger partial charge on any atom is 0.127 e. The van der Waals surface area contributed by atoms with Crippen molar-refractivity contribution in [1.82, 2.24) is 0 Å². The Kier molecular flexibility index (Phi) is 6.68. The molecule has 3 aromatic rings. The number of ether oxygens (including phenoxy) is 2. The average molecular weight is 477 g/mol. The highest BCUT2D eigenvalue weighted by Crippen LogP contribution is 2.61. The van der Waals surface area contributed by atoms with E-state index in [9.17, 15) is 0 Å². The zero-order chi connectivity index (χ0) is 24.3. The molecule has 6 rings (SSSR count). The largest absolute Gasteiger partial charge is 0.496 e. The molecule has 3 saturated carbocycles. The van der Waals surface area contributed by atoms with E-state index in [-0.39, 0.29) is 0 Å². The van der Waals surface area contributed by atoms with Crippen LogP contribution >= 0.6 is 0 Å². The van der Waals surface area contributed by atoms with Gasteiger partial charge in [-0.2, -0.15) is 0 Å². The highest BCUT2D eigenvalue weighted by atomic mass is 16.5. The van der Waals surface area contributed by atoms with Gasteiger partial charge in [-0.15, -0.1) is 0 Å². The summed E-state index contributed by atoms with van der Waals surface area (Å²) in [7, 11) is 1.74. The zero-order valence-electron chi connectivity index (χ0n) is 21.2. The topological polar surface area (TPSA) is 18.5 Å². The smallest absolute Gasteiger partial charge is 0.127 e. The van der Waals surface area contributed by atoms with Crippen molar-refractivity contribution in [2.75, 3.05) is 13.7 Å². The summed E-state index contributed by atoms with van der Waals surface area (Å²) in [5.74, 6) is 6.32. The van der Waals surface area contributed by atoms with Crippen molar-refractivity contribution in [1.29, 1.82) is 0 Å². The van der Waals surface area contributed by atoms with Crippen LogP contribution < -0.4 is 9.47 Å². The van der Waals surface area contributed by atoms with E-state index in [1.165, 1.54) is 43.2 Å². The van der Waals surface area contributed by atoms with Crippen molar-refractivity contribution >= 4 is 24.3 Å². The lowest BCUT2D eigenvalue weighted by Crippen LogP contribution is -2.28. The second-order valence-corrected chi connectivity index (χ2v) is 10.8. The van der Waals surface area contributed by atoms with Crippen LogP contribution in [0.3, 0.4) is 0 Å². The van der Waals surface area contributed by atoms with Crippen LogP contribution in [0.1, 0.15) is 54.4 Å². The van der Waals surface area contributed by atoms with Crippen LogP contribution in [0.5, 0.6) is 11.5 Å². The number of rotatable bonds is 8. The first kappa shape index (κ1) is 23.2. The molecule has 0 heterocycles. The highest BCUT2D eigenvalue weighted by Gasteiger charge is 2.53. The molecule has 0 saturated heterocycles. The predicted molar refractivity (Wildman–Crippen MR) is 150 cm³/mol. The molecular formula is C34H36O2. The molecule has 2 nitrogen and oxygen atoms in total. The van der Waals surface area contributed by atoms with E-state index >= 15 is 0 Å². The average Bonchev–Trinajstić information content (AvgIpc) is 3.65. The van der Waals surface area contributed by atoms with Crippen LogP contribution in [0.25, 0.3) is 24.3 Å². The second kappa shape index (κ2) is 10.4. The molecule has 2 heteroatoms. The number of benzene rings is 3. The molecule has 0 N–H and O–H groups in total. The van der Waals surface area contributed by atoms with E-state index in [2.05, 4.69) is 85.0 Å². The Labute approximate surface area is 215 Å². The van der Waals surface area contributed by atoms with Gasteiger partial charge >= 0.3 is 0 Å². The van der Waals surface area contributed by atoms with Crippen LogP contribution in [0.4, 0.5) is 0 Å². The van der Waals surface area contributed by atoms with Gasteiger partial charge in [0.05, 0.1) is 13.7 Å². The monoisotopic (exact) mass is 476 g/mol. The maximum atomic E-state index is 6.66. The van der Waals surface area contributed by atoms with Crippen LogP contribution in [0.15, 0.2) is 72.8 Å². The van der Waals surface area contributed by atoms with Gasteiger partial charge in [0.1, 0.15) is 11.5 Å². The fourth-order valence-electron chi connectivity index (χ4n) is 7.25. The minimum atomic E-state index is 0.700. The molecule has 2 bridgehead atoms. The van der Waals surface area contributed by atoms with E-state index in [1.54, 1.807) is 7.11 Å². The van der Waals surface area contributed by atoms with Gasteiger partial charge in [0, 0.05) is 11.1 Å². The van der Waals surface area contributed by atoms with Crippen molar-refractivity contribution < 1.29 is 9.47 Å². The first-order valence-corrected chi connectivity index (χ1v) is 13.6. The molecule has 3 aliphatic carbocycles. The first-order valence-electron chi connectivity index (χ1n) is 13.6. The van der Waals surface area contributed by atoms with E-state index in [0.29, 0.717) is 5.92 Å². The van der Waals surface area contributed by atoms with Gasteiger partial charge in [-0.05, 0) is 78.5 Å². The van der Waals surface area contributed by atoms with Crippen molar-refractivity contribution in [2.45, 2.75) is 32.1 Å². The Hall–Kier alpha value is -3.26. The Balaban J connectivity index is 1.27. The van der Waals surface area contributed by atoms with Crippen LogP contribution in [0, 0.1) is 29.6 Å². The molecule has 0 amide bonds. The highest BCUT2D eigenvalue weighted by molar-refractivity contribution is 5.78. The van der Waals surface area contributed by atoms with E-state index in [4.69, 9.17) is 9.47 Å². The summed E-state index contributed by atoms with van der Waals surface area (Å²) in [5, 5.41) is 0. The van der Waals surface area contributed by atoms with Gasteiger partial charge in [-0.1, -0.05) is 91.4 Å².